The molecule has 0 bridgehead atoms. The Morgan fingerprint density at radius 1 is 1.53 bits per heavy atom. The van der Waals surface area contributed by atoms with Gasteiger partial charge in [-0.15, -0.1) is 5.10 Å². The number of aromatic amines is 1. The van der Waals surface area contributed by atoms with E-state index in [-0.39, 0.29) is 11.7 Å². The van der Waals surface area contributed by atoms with Gasteiger partial charge in [-0.1, -0.05) is 6.92 Å². The summed E-state index contributed by atoms with van der Waals surface area (Å²) in [5.41, 5.74) is 0.787. The molecule has 2 heterocycles. The SMILES string of the molecule is CCNC(C)c1ccc(Sc2n[nH]c(=O)n2C)cn1. The normalized spacial score (nSPS) is 12.6. The third-order valence-corrected chi connectivity index (χ3v) is 3.79. The van der Waals surface area contributed by atoms with Gasteiger partial charge in [-0.2, -0.15) is 0 Å². The molecule has 0 fully saturated rings. The summed E-state index contributed by atoms with van der Waals surface area (Å²) in [6.45, 7) is 5.06. The molecule has 0 aliphatic carbocycles. The first kappa shape index (κ1) is 13.8. The fraction of sp³-hybridized carbons (Fsp3) is 0.417. The van der Waals surface area contributed by atoms with Gasteiger partial charge >= 0.3 is 5.69 Å². The van der Waals surface area contributed by atoms with E-state index in [1.165, 1.54) is 16.3 Å². The molecule has 2 aromatic rings. The smallest absolute Gasteiger partial charge is 0.309 e. The van der Waals surface area contributed by atoms with E-state index in [4.69, 9.17) is 0 Å². The van der Waals surface area contributed by atoms with Gasteiger partial charge in [0.1, 0.15) is 0 Å². The third kappa shape index (κ3) is 3.24. The molecular formula is C12H17N5OS. The molecule has 0 saturated heterocycles. The van der Waals surface area contributed by atoms with Crippen LogP contribution in [0, 0.1) is 0 Å². The average Bonchev–Trinajstić information content (AvgIpc) is 2.72. The summed E-state index contributed by atoms with van der Waals surface area (Å²) in [5, 5.41) is 10.3. The standard InChI is InChI=1S/C12H17N5OS/c1-4-13-8(2)10-6-5-9(7-14-10)19-12-16-15-11(18)17(12)3/h5-8,13H,4H2,1-3H3,(H,15,18). The molecule has 6 nitrogen and oxygen atoms in total. The Bertz CT molecular complexity index is 589. The maximum atomic E-state index is 11.3. The molecule has 0 aromatic carbocycles. The highest BCUT2D eigenvalue weighted by atomic mass is 32.2. The van der Waals surface area contributed by atoms with Crippen LogP contribution < -0.4 is 11.0 Å². The van der Waals surface area contributed by atoms with E-state index in [0.29, 0.717) is 5.16 Å². The second-order valence-electron chi connectivity index (χ2n) is 4.17. The lowest BCUT2D eigenvalue weighted by Crippen LogP contribution is -2.18. The molecular weight excluding hydrogens is 262 g/mol. The Labute approximate surface area is 115 Å². The molecule has 19 heavy (non-hydrogen) atoms. The second-order valence-corrected chi connectivity index (χ2v) is 5.21. The molecule has 102 valence electrons. The lowest BCUT2D eigenvalue weighted by molar-refractivity contribution is 0.582. The molecule has 2 rings (SSSR count). The van der Waals surface area contributed by atoms with Gasteiger partial charge in [-0.25, -0.2) is 9.89 Å². The maximum absolute atomic E-state index is 11.3. The Balaban J connectivity index is 2.11. The third-order valence-electron chi connectivity index (χ3n) is 2.76. The molecule has 1 unspecified atom stereocenters. The van der Waals surface area contributed by atoms with Crippen LogP contribution in [0.1, 0.15) is 25.6 Å². The second kappa shape index (κ2) is 6.03. The van der Waals surface area contributed by atoms with Crippen LogP contribution >= 0.6 is 11.8 Å². The summed E-state index contributed by atoms with van der Waals surface area (Å²) in [7, 11) is 1.68. The van der Waals surface area contributed by atoms with E-state index in [0.717, 1.165) is 17.1 Å². The molecule has 2 aromatic heterocycles. The van der Waals surface area contributed by atoms with Crippen LogP contribution in [-0.4, -0.2) is 26.3 Å². The number of hydrogen-bond donors (Lipinski definition) is 2. The van der Waals surface area contributed by atoms with Crippen molar-refractivity contribution in [1.29, 1.82) is 0 Å². The molecule has 0 aliphatic heterocycles. The van der Waals surface area contributed by atoms with Gasteiger partial charge < -0.3 is 5.32 Å². The van der Waals surface area contributed by atoms with Crippen molar-refractivity contribution in [2.24, 2.45) is 7.05 Å². The molecule has 0 spiro atoms. The van der Waals surface area contributed by atoms with Gasteiger partial charge in [-0.05, 0) is 37.4 Å². The number of nitrogens with zero attached hydrogens (tertiary/aromatic N) is 3. The van der Waals surface area contributed by atoms with E-state index >= 15 is 0 Å². The van der Waals surface area contributed by atoms with Gasteiger partial charge in [0.25, 0.3) is 0 Å². The van der Waals surface area contributed by atoms with Crippen molar-refractivity contribution in [3.63, 3.8) is 0 Å². The van der Waals surface area contributed by atoms with Crippen LogP contribution in [0.3, 0.4) is 0 Å². The first-order valence-electron chi connectivity index (χ1n) is 6.10. The van der Waals surface area contributed by atoms with Crippen molar-refractivity contribution in [2.75, 3.05) is 6.54 Å². The Morgan fingerprint density at radius 2 is 2.32 bits per heavy atom. The number of rotatable bonds is 5. The Hall–Kier alpha value is -1.60. The van der Waals surface area contributed by atoms with Gasteiger partial charge in [-0.3, -0.25) is 9.55 Å². The first-order valence-corrected chi connectivity index (χ1v) is 6.92. The monoisotopic (exact) mass is 279 g/mol. The van der Waals surface area contributed by atoms with Crippen molar-refractivity contribution in [3.8, 4) is 0 Å². The van der Waals surface area contributed by atoms with E-state index in [9.17, 15) is 4.79 Å². The quantitative estimate of drug-likeness (QED) is 0.863. The predicted octanol–water partition coefficient (Wildman–Crippen LogP) is 1.33. The molecule has 2 N–H and O–H groups in total. The largest absolute Gasteiger partial charge is 0.343 e. The van der Waals surface area contributed by atoms with E-state index in [2.05, 4.69) is 34.3 Å². The number of nitrogens with one attached hydrogen (secondary N) is 2. The molecule has 7 heteroatoms. The van der Waals surface area contributed by atoms with Gasteiger partial charge in [0.05, 0.1) is 5.69 Å². The minimum atomic E-state index is -0.215. The lowest BCUT2D eigenvalue weighted by atomic mass is 10.2. The van der Waals surface area contributed by atoms with Crippen LogP contribution in [0.4, 0.5) is 0 Å². The van der Waals surface area contributed by atoms with Crippen molar-refractivity contribution in [2.45, 2.75) is 29.9 Å². The molecule has 0 aliphatic rings. The zero-order valence-corrected chi connectivity index (χ0v) is 12.0. The molecule has 0 radical (unpaired) electrons. The molecule has 0 amide bonds. The Morgan fingerprint density at radius 3 is 2.84 bits per heavy atom. The summed E-state index contributed by atoms with van der Waals surface area (Å²) in [5.74, 6) is 0. The number of hydrogen-bond acceptors (Lipinski definition) is 5. The van der Waals surface area contributed by atoms with Gasteiger partial charge in [0.15, 0.2) is 5.16 Å². The average molecular weight is 279 g/mol. The summed E-state index contributed by atoms with van der Waals surface area (Å²) >= 11 is 1.41. The minimum absolute atomic E-state index is 0.215. The highest BCUT2D eigenvalue weighted by molar-refractivity contribution is 7.99. The molecule has 0 saturated carbocycles. The topological polar surface area (TPSA) is 75.6 Å². The number of pyridine rings is 1. The van der Waals surface area contributed by atoms with E-state index < -0.39 is 0 Å². The minimum Gasteiger partial charge on any atom is -0.309 e. The fourth-order valence-corrected chi connectivity index (χ4v) is 2.41. The summed E-state index contributed by atoms with van der Waals surface area (Å²) < 4.78 is 1.47. The van der Waals surface area contributed by atoms with Crippen molar-refractivity contribution >= 4 is 11.8 Å². The van der Waals surface area contributed by atoms with Gasteiger partial charge in [0, 0.05) is 24.2 Å². The summed E-state index contributed by atoms with van der Waals surface area (Å²) in [6, 6.07) is 4.21. The van der Waals surface area contributed by atoms with Crippen molar-refractivity contribution in [1.82, 2.24) is 25.1 Å². The van der Waals surface area contributed by atoms with Crippen LogP contribution in [0.2, 0.25) is 0 Å². The maximum Gasteiger partial charge on any atom is 0.343 e. The zero-order valence-electron chi connectivity index (χ0n) is 11.2. The fourth-order valence-electron chi connectivity index (χ4n) is 1.65. The van der Waals surface area contributed by atoms with Crippen molar-refractivity contribution < 1.29 is 0 Å². The van der Waals surface area contributed by atoms with Crippen LogP contribution in [0.5, 0.6) is 0 Å². The van der Waals surface area contributed by atoms with Gasteiger partial charge in [0.2, 0.25) is 0 Å². The van der Waals surface area contributed by atoms with Crippen molar-refractivity contribution in [3.05, 3.63) is 34.5 Å². The lowest BCUT2D eigenvalue weighted by Gasteiger charge is -2.11. The van der Waals surface area contributed by atoms with E-state index in [1.807, 2.05) is 12.1 Å². The Kier molecular flexibility index (Phi) is 4.39. The van der Waals surface area contributed by atoms with Crippen LogP contribution in [0.25, 0.3) is 0 Å². The predicted molar refractivity (Wildman–Crippen MR) is 74.3 cm³/mol. The highest BCUT2D eigenvalue weighted by Gasteiger charge is 2.08. The zero-order chi connectivity index (χ0) is 13.8. The highest BCUT2D eigenvalue weighted by Crippen LogP contribution is 2.24. The summed E-state index contributed by atoms with van der Waals surface area (Å²) in [4.78, 5) is 16.6. The van der Waals surface area contributed by atoms with Crippen LogP contribution in [0.15, 0.2) is 33.2 Å². The number of aromatic nitrogens is 4. The first-order chi connectivity index (χ1) is 9.11. The number of H-pyrrole nitrogens is 1. The molecule has 1 atom stereocenters. The summed E-state index contributed by atoms with van der Waals surface area (Å²) in [6.07, 6.45) is 1.80. The van der Waals surface area contributed by atoms with Crippen LogP contribution in [-0.2, 0) is 7.05 Å². The van der Waals surface area contributed by atoms with E-state index in [1.54, 1.807) is 13.2 Å².